The largest absolute Gasteiger partial charge is 0.353 e. The predicted molar refractivity (Wildman–Crippen MR) is 69.1 cm³/mol. The minimum Gasteiger partial charge on any atom is -0.353 e. The first-order valence-corrected chi connectivity index (χ1v) is 6.45. The summed E-state index contributed by atoms with van der Waals surface area (Å²) in [5, 5.41) is 0. The van der Waals surface area contributed by atoms with Crippen molar-refractivity contribution in [2.45, 2.75) is 52.4 Å². The van der Waals surface area contributed by atoms with Gasteiger partial charge in [0.2, 0.25) is 0 Å². The number of rotatable bonds is 8. The van der Waals surface area contributed by atoms with Crippen molar-refractivity contribution in [1.82, 2.24) is 4.90 Å². The topological polar surface area (TPSA) is 3.24 Å². The molecule has 3 heteroatoms. The van der Waals surface area contributed by atoms with Crippen LogP contribution >= 0.6 is 23.8 Å². The van der Waals surface area contributed by atoms with Crippen LogP contribution in [0.1, 0.15) is 52.4 Å². The molecule has 84 valence electrons. The third-order valence-corrected chi connectivity index (χ3v) is 2.81. The Morgan fingerprint density at radius 1 is 1.00 bits per heavy atom. The Morgan fingerprint density at radius 2 is 1.43 bits per heavy atom. The Morgan fingerprint density at radius 3 is 1.71 bits per heavy atom. The Bertz CT molecular complexity index is 140. The molecule has 1 nitrogen and oxygen atoms in total. The molecular formula is C11H22ClNS. The number of halogens is 1. The number of hydrogen-bond acceptors (Lipinski definition) is 1. The molecule has 0 aromatic heterocycles. The Balaban J connectivity index is 3.61. The monoisotopic (exact) mass is 235 g/mol. The fourth-order valence-electron chi connectivity index (χ4n) is 1.39. The first kappa shape index (κ1) is 14.2. The van der Waals surface area contributed by atoms with Crippen molar-refractivity contribution in [2.75, 3.05) is 13.1 Å². The summed E-state index contributed by atoms with van der Waals surface area (Å²) in [7, 11) is 0. The van der Waals surface area contributed by atoms with Gasteiger partial charge in [-0.05, 0) is 25.1 Å². The van der Waals surface area contributed by atoms with E-state index in [0.29, 0.717) is 4.45 Å². The van der Waals surface area contributed by atoms with Gasteiger partial charge in [-0.2, -0.15) is 0 Å². The van der Waals surface area contributed by atoms with E-state index in [4.69, 9.17) is 23.8 Å². The third-order valence-electron chi connectivity index (χ3n) is 2.31. The van der Waals surface area contributed by atoms with Crippen molar-refractivity contribution in [1.29, 1.82) is 0 Å². The molecule has 0 amide bonds. The molecule has 0 spiro atoms. The van der Waals surface area contributed by atoms with Gasteiger partial charge in [0.1, 0.15) is 0 Å². The predicted octanol–water partition coefficient (Wildman–Crippen LogP) is 4.19. The van der Waals surface area contributed by atoms with Gasteiger partial charge in [0, 0.05) is 13.1 Å². The van der Waals surface area contributed by atoms with Crippen molar-refractivity contribution >= 4 is 28.3 Å². The van der Waals surface area contributed by atoms with Gasteiger partial charge in [0.05, 0.1) is 0 Å². The molecule has 0 rings (SSSR count). The smallest absolute Gasteiger partial charge is 0.169 e. The molecule has 0 aliphatic carbocycles. The zero-order chi connectivity index (χ0) is 10.8. The molecule has 0 unspecified atom stereocenters. The Hall–Kier alpha value is 0.180. The first-order chi connectivity index (χ1) is 6.72. The summed E-state index contributed by atoms with van der Waals surface area (Å²) in [6.07, 6.45) is 7.44. The lowest BCUT2D eigenvalue weighted by atomic mass is 10.2. The summed E-state index contributed by atoms with van der Waals surface area (Å²) >= 11 is 10.9. The van der Waals surface area contributed by atoms with E-state index in [1.54, 1.807) is 0 Å². The minimum absolute atomic E-state index is 0.539. The summed E-state index contributed by atoms with van der Waals surface area (Å²) < 4.78 is 0.539. The van der Waals surface area contributed by atoms with Gasteiger partial charge in [0.15, 0.2) is 4.45 Å². The second kappa shape index (κ2) is 9.72. The minimum atomic E-state index is 0.539. The highest BCUT2D eigenvalue weighted by Gasteiger charge is 2.05. The number of hydrogen-bond donors (Lipinski definition) is 0. The van der Waals surface area contributed by atoms with Crippen LogP contribution in [0, 0.1) is 0 Å². The van der Waals surface area contributed by atoms with E-state index in [2.05, 4.69) is 18.7 Å². The zero-order valence-corrected chi connectivity index (χ0v) is 11.0. The van der Waals surface area contributed by atoms with Gasteiger partial charge >= 0.3 is 0 Å². The van der Waals surface area contributed by atoms with Gasteiger partial charge in [-0.3, -0.25) is 0 Å². The average Bonchev–Trinajstić information content (AvgIpc) is 2.15. The van der Waals surface area contributed by atoms with E-state index >= 15 is 0 Å². The van der Waals surface area contributed by atoms with E-state index in [0.717, 1.165) is 13.1 Å². The molecule has 0 bridgehead atoms. The molecule has 14 heavy (non-hydrogen) atoms. The maximum Gasteiger partial charge on any atom is 0.169 e. The highest BCUT2D eigenvalue weighted by atomic mass is 35.5. The highest BCUT2D eigenvalue weighted by Crippen LogP contribution is 2.05. The maximum absolute atomic E-state index is 5.86. The molecule has 0 aromatic carbocycles. The molecule has 0 aromatic rings. The molecule has 0 fully saturated rings. The molecule has 0 atom stereocenters. The molecule has 0 saturated carbocycles. The summed E-state index contributed by atoms with van der Waals surface area (Å²) in [4.78, 5) is 2.13. The van der Waals surface area contributed by atoms with Gasteiger partial charge in [-0.25, -0.2) is 0 Å². The summed E-state index contributed by atoms with van der Waals surface area (Å²) in [5.74, 6) is 0. The summed E-state index contributed by atoms with van der Waals surface area (Å²) in [6, 6.07) is 0. The van der Waals surface area contributed by atoms with E-state index in [1.165, 1.54) is 38.5 Å². The summed E-state index contributed by atoms with van der Waals surface area (Å²) in [6.45, 7) is 6.47. The van der Waals surface area contributed by atoms with Gasteiger partial charge in [-0.15, -0.1) is 0 Å². The molecule has 0 radical (unpaired) electrons. The lowest BCUT2D eigenvalue weighted by Gasteiger charge is -2.21. The van der Waals surface area contributed by atoms with Crippen LogP contribution < -0.4 is 0 Å². The third kappa shape index (κ3) is 7.57. The van der Waals surface area contributed by atoms with E-state index in [1.807, 2.05) is 0 Å². The highest BCUT2D eigenvalue weighted by molar-refractivity contribution is 7.83. The van der Waals surface area contributed by atoms with Crippen LogP contribution in [0.25, 0.3) is 0 Å². The summed E-state index contributed by atoms with van der Waals surface area (Å²) in [5.41, 5.74) is 0. The van der Waals surface area contributed by atoms with Gasteiger partial charge < -0.3 is 4.90 Å². The van der Waals surface area contributed by atoms with E-state index < -0.39 is 0 Å². The molecule has 0 aliphatic heterocycles. The average molecular weight is 236 g/mol. The zero-order valence-electron chi connectivity index (χ0n) is 9.39. The maximum atomic E-state index is 5.86. The van der Waals surface area contributed by atoms with Crippen molar-refractivity contribution in [3.63, 3.8) is 0 Å². The van der Waals surface area contributed by atoms with Crippen LogP contribution in [0.15, 0.2) is 0 Å². The SMILES string of the molecule is CCCCCN(CCCCC)C(=S)Cl. The lowest BCUT2D eigenvalue weighted by Crippen LogP contribution is -2.28. The van der Waals surface area contributed by atoms with E-state index in [-0.39, 0.29) is 0 Å². The standard InChI is InChI=1S/C11H22ClNS/c1-3-5-7-9-13(11(12)14)10-8-6-4-2/h3-10H2,1-2H3. The number of nitrogens with zero attached hydrogens (tertiary/aromatic N) is 1. The lowest BCUT2D eigenvalue weighted by molar-refractivity contribution is 0.401. The van der Waals surface area contributed by atoms with Crippen LogP contribution in [0.4, 0.5) is 0 Å². The fourth-order valence-corrected chi connectivity index (χ4v) is 1.74. The quantitative estimate of drug-likeness (QED) is 0.269. The van der Waals surface area contributed by atoms with Crippen LogP contribution in [-0.2, 0) is 0 Å². The Kier molecular flexibility index (Phi) is 9.85. The van der Waals surface area contributed by atoms with Crippen LogP contribution in [0.2, 0.25) is 0 Å². The van der Waals surface area contributed by atoms with E-state index in [9.17, 15) is 0 Å². The van der Waals surface area contributed by atoms with Gasteiger partial charge in [0.25, 0.3) is 0 Å². The van der Waals surface area contributed by atoms with Crippen molar-refractivity contribution in [3.8, 4) is 0 Å². The molecule has 0 heterocycles. The fraction of sp³-hybridized carbons (Fsp3) is 0.909. The molecule has 0 aliphatic rings. The normalized spacial score (nSPS) is 10.2. The van der Waals surface area contributed by atoms with Crippen molar-refractivity contribution < 1.29 is 0 Å². The van der Waals surface area contributed by atoms with Crippen LogP contribution in [0.5, 0.6) is 0 Å². The number of unbranched alkanes of at least 4 members (excludes halogenated alkanes) is 4. The molecular weight excluding hydrogens is 214 g/mol. The van der Waals surface area contributed by atoms with Crippen molar-refractivity contribution in [3.05, 3.63) is 0 Å². The van der Waals surface area contributed by atoms with Crippen LogP contribution in [-0.4, -0.2) is 22.4 Å². The molecule has 0 saturated heterocycles. The van der Waals surface area contributed by atoms with Crippen LogP contribution in [0.3, 0.4) is 0 Å². The second-order valence-corrected chi connectivity index (χ2v) is 4.62. The van der Waals surface area contributed by atoms with Crippen molar-refractivity contribution in [2.24, 2.45) is 0 Å². The molecule has 0 N–H and O–H groups in total. The second-order valence-electron chi connectivity index (χ2n) is 3.65. The van der Waals surface area contributed by atoms with Gasteiger partial charge in [-0.1, -0.05) is 51.1 Å². The Labute approximate surface area is 98.8 Å². The first-order valence-electron chi connectivity index (χ1n) is 5.66. The number of thiocarbonyl (C=S) groups is 1.